The van der Waals surface area contributed by atoms with Crippen LogP contribution in [0.1, 0.15) is 44.5 Å². The van der Waals surface area contributed by atoms with Gasteiger partial charge in [0.1, 0.15) is 11.6 Å². The van der Waals surface area contributed by atoms with E-state index in [1.165, 1.54) is 22.6 Å². The topological polar surface area (TPSA) is 36.8 Å². The Labute approximate surface area is 211 Å². The van der Waals surface area contributed by atoms with Gasteiger partial charge in [-0.05, 0) is 45.0 Å². The number of hydrogen-bond acceptors (Lipinski definition) is 5. The van der Waals surface area contributed by atoms with E-state index in [9.17, 15) is 0 Å². The largest absolute Gasteiger partial charge is 0.496 e. The van der Waals surface area contributed by atoms with Crippen LogP contribution in [0.2, 0.25) is 0 Å². The number of ether oxygens (including phenoxy) is 1. The van der Waals surface area contributed by atoms with E-state index in [0.717, 1.165) is 63.7 Å². The molecule has 0 radical (unpaired) electrons. The van der Waals surface area contributed by atoms with Gasteiger partial charge in [0.15, 0.2) is 0 Å². The van der Waals surface area contributed by atoms with E-state index in [-0.39, 0.29) is 0 Å². The molecule has 0 spiro atoms. The van der Waals surface area contributed by atoms with Crippen LogP contribution in [0.3, 0.4) is 0 Å². The number of aromatic nitrogens is 2. The lowest BCUT2D eigenvalue weighted by Gasteiger charge is -2.37. The van der Waals surface area contributed by atoms with Gasteiger partial charge in [0, 0.05) is 56.4 Å². The van der Waals surface area contributed by atoms with Gasteiger partial charge in [-0.3, -0.25) is 4.90 Å². The summed E-state index contributed by atoms with van der Waals surface area (Å²) < 4.78 is 7.86. The first-order valence-corrected chi connectivity index (χ1v) is 13.0. The average Bonchev–Trinajstić information content (AvgIpc) is 3.27. The molecule has 2 heterocycles. The number of piperazine rings is 1. The molecule has 0 unspecified atom stereocenters. The SMILES string of the molecule is CCc1nn(-c2ccccc2)c(N2CCN(CC)CC2)c1CN(Cc1ccccc1OC)C(C)C. The first-order valence-electron chi connectivity index (χ1n) is 13.0. The Kier molecular flexibility index (Phi) is 8.47. The van der Waals surface area contributed by atoms with Crippen LogP contribution >= 0.6 is 0 Å². The molecule has 6 nitrogen and oxygen atoms in total. The van der Waals surface area contributed by atoms with Crippen LogP contribution in [-0.2, 0) is 19.5 Å². The maximum atomic E-state index is 5.67. The molecule has 0 saturated carbocycles. The number of aryl methyl sites for hydroxylation is 1. The molecular formula is C29H41N5O. The zero-order chi connectivity index (χ0) is 24.8. The molecule has 1 fully saturated rings. The normalized spacial score (nSPS) is 14.8. The van der Waals surface area contributed by atoms with E-state index in [1.54, 1.807) is 7.11 Å². The highest BCUT2D eigenvalue weighted by Gasteiger charge is 2.28. The highest BCUT2D eigenvalue weighted by Crippen LogP contribution is 2.32. The van der Waals surface area contributed by atoms with Gasteiger partial charge < -0.3 is 14.5 Å². The molecule has 3 aromatic rings. The maximum Gasteiger partial charge on any atom is 0.137 e. The molecule has 1 saturated heterocycles. The second kappa shape index (κ2) is 11.7. The predicted molar refractivity (Wildman–Crippen MR) is 145 cm³/mol. The Hall–Kier alpha value is -2.83. The van der Waals surface area contributed by atoms with Gasteiger partial charge in [-0.25, -0.2) is 4.68 Å². The second-order valence-electron chi connectivity index (χ2n) is 9.58. The molecule has 188 valence electrons. The molecule has 35 heavy (non-hydrogen) atoms. The molecule has 1 aliphatic heterocycles. The first-order chi connectivity index (χ1) is 17.0. The number of hydrogen-bond donors (Lipinski definition) is 0. The van der Waals surface area contributed by atoms with E-state index in [4.69, 9.17) is 9.84 Å². The summed E-state index contributed by atoms with van der Waals surface area (Å²) in [7, 11) is 1.76. The van der Waals surface area contributed by atoms with E-state index in [1.807, 2.05) is 6.07 Å². The van der Waals surface area contributed by atoms with Crippen molar-refractivity contribution >= 4 is 5.82 Å². The summed E-state index contributed by atoms with van der Waals surface area (Å²) in [5.41, 5.74) is 4.88. The minimum atomic E-state index is 0.384. The molecule has 4 rings (SSSR count). The van der Waals surface area contributed by atoms with Gasteiger partial charge in [0.25, 0.3) is 0 Å². The summed E-state index contributed by atoms with van der Waals surface area (Å²) in [5, 5.41) is 5.18. The summed E-state index contributed by atoms with van der Waals surface area (Å²) >= 11 is 0. The third kappa shape index (κ3) is 5.71. The molecule has 0 N–H and O–H groups in total. The summed E-state index contributed by atoms with van der Waals surface area (Å²) in [6.45, 7) is 16.1. The van der Waals surface area contributed by atoms with Crippen LogP contribution in [0, 0.1) is 0 Å². The van der Waals surface area contributed by atoms with Crippen molar-refractivity contribution in [1.82, 2.24) is 19.6 Å². The zero-order valence-corrected chi connectivity index (χ0v) is 22.1. The lowest BCUT2D eigenvalue weighted by molar-refractivity contribution is 0.200. The molecule has 0 amide bonds. The molecule has 2 aromatic carbocycles. The van der Waals surface area contributed by atoms with Gasteiger partial charge in [-0.2, -0.15) is 5.10 Å². The maximum absolute atomic E-state index is 5.67. The molecule has 0 atom stereocenters. The summed E-state index contributed by atoms with van der Waals surface area (Å²) in [4.78, 5) is 7.62. The van der Waals surface area contributed by atoms with Gasteiger partial charge in [0.2, 0.25) is 0 Å². The Morgan fingerprint density at radius 2 is 1.60 bits per heavy atom. The van der Waals surface area contributed by atoms with Gasteiger partial charge >= 0.3 is 0 Å². The molecule has 1 aliphatic rings. The fourth-order valence-corrected chi connectivity index (χ4v) is 4.96. The van der Waals surface area contributed by atoms with Crippen LogP contribution in [0.25, 0.3) is 5.69 Å². The number of para-hydroxylation sites is 2. The van der Waals surface area contributed by atoms with E-state index in [0.29, 0.717) is 6.04 Å². The third-order valence-corrected chi connectivity index (χ3v) is 7.15. The van der Waals surface area contributed by atoms with Crippen molar-refractivity contribution in [3.8, 4) is 11.4 Å². The van der Waals surface area contributed by atoms with E-state index >= 15 is 0 Å². The number of benzene rings is 2. The van der Waals surface area contributed by atoms with Crippen LogP contribution in [0.15, 0.2) is 54.6 Å². The monoisotopic (exact) mass is 475 g/mol. The van der Waals surface area contributed by atoms with Crippen LogP contribution in [-0.4, -0.2) is 65.5 Å². The Balaban J connectivity index is 1.74. The quantitative estimate of drug-likeness (QED) is 0.413. The summed E-state index contributed by atoms with van der Waals surface area (Å²) in [6.07, 6.45) is 0.914. The van der Waals surface area contributed by atoms with Crippen LogP contribution in [0.5, 0.6) is 5.75 Å². The highest BCUT2D eigenvalue weighted by atomic mass is 16.5. The Bertz CT molecular complexity index is 1070. The Morgan fingerprint density at radius 1 is 0.914 bits per heavy atom. The van der Waals surface area contributed by atoms with Gasteiger partial charge in [-0.1, -0.05) is 50.2 Å². The number of anilines is 1. The molecule has 0 bridgehead atoms. The summed E-state index contributed by atoms with van der Waals surface area (Å²) in [6, 6.07) is 19.3. The van der Waals surface area contributed by atoms with Crippen molar-refractivity contribution in [3.05, 3.63) is 71.4 Å². The number of nitrogens with zero attached hydrogens (tertiary/aromatic N) is 5. The molecular weight excluding hydrogens is 434 g/mol. The number of methoxy groups -OCH3 is 1. The smallest absolute Gasteiger partial charge is 0.137 e. The fraction of sp³-hybridized carbons (Fsp3) is 0.483. The van der Waals surface area contributed by atoms with Gasteiger partial charge in [0.05, 0.1) is 18.5 Å². The van der Waals surface area contributed by atoms with Gasteiger partial charge in [-0.15, -0.1) is 0 Å². The Morgan fingerprint density at radius 3 is 2.23 bits per heavy atom. The lowest BCUT2D eigenvalue weighted by Crippen LogP contribution is -2.47. The number of rotatable bonds is 10. The predicted octanol–water partition coefficient (Wildman–Crippen LogP) is 5.00. The van der Waals surface area contributed by atoms with Crippen LogP contribution < -0.4 is 9.64 Å². The zero-order valence-electron chi connectivity index (χ0n) is 22.1. The van der Waals surface area contributed by atoms with Crippen molar-refractivity contribution < 1.29 is 4.74 Å². The fourth-order valence-electron chi connectivity index (χ4n) is 4.96. The third-order valence-electron chi connectivity index (χ3n) is 7.15. The summed E-state index contributed by atoms with van der Waals surface area (Å²) in [5.74, 6) is 2.21. The van der Waals surface area contributed by atoms with Crippen molar-refractivity contribution in [2.24, 2.45) is 0 Å². The number of likely N-dealkylation sites (N-methyl/N-ethyl adjacent to an activating group) is 1. The molecule has 6 heteroatoms. The van der Waals surface area contributed by atoms with Crippen molar-refractivity contribution in [2.45, 2.75) is 53.2 Å². The average molecular weight is 476 g/mol. The standard InChI is InChI=1S/C29H41N5O/c1-6-27-26(22-33(23(3)4)21-24-13-11-12-16-28(24)35-5)29(32-19-17-31(7-2)18-20-32)34(30-27)25-14-9-8-10-15-25/h8-16,23H,6-7,17-22H2,1-5H3. The first kappa shape index (κ1) is 25.3. The van der Waals surface area contributed by atoms with Crippen molar-refractivity contribution in [3.63, 3.8) is 0 Å². The van der Waals surface area contributed by atoms with Crippen molar-refractivity contribution in [2.75, 3.05) is 44.7 Å². The second-order valence-corrected chi connectivity index (χ2v) is 9.58. The van der Waals surface area contributed by atoms with E-state index in [2.05, 4.69) is 95.6 Å². The van der Waals surface area contributed by atoms with E-state index < -0.39 is 0 Å². The van der Waals surface area contributed by atoms with Crippen LogP contribution in [0.4, 0.5) is 5.82 Å². The van der Waals surface area contributed by atoms with Crippen molar-refractivity contribution in [1.29, 1.82) is 0 Å². The minimum Gasteiger partial charge on any atom is -0.496 e. The minimum absolute atomic E-state index is 0.384. The molecule has 0 aliphatic carbocycles. The highest BCUT2D eigenvalue weighted by molar-refractivity contribution is 5.56. The lowest BCUT2D eigenvalue weighted by atomic mass is 10.1. The molecule has 1 aromatic heterocycles.